The number of benzene rings is 1. The maximum atomic E-state index is 12.8. The summed E-state index contributed by atoms with van der Waals surface area (Å²) in [5.74, 6) is 1.10. The van der Waals surface area contributed by atoms with Gasteiger partial charge in [-0.25, -0.2) is 0 Å². The maximum absolute atomic E-state index is 12.8. The van der Waals surface area contributed by atoms with Crippen LogP contribution in [0.2, 0.25) is 0 Å². The fourth-order valence-electron chi connectivity index (χ4n) is 3.59. The van der Waals surface area contributed by atoms with Crippen molar-refractivity contribution in [3.8, 4) is 5.75 Å². The number of nitrogen functional groups attached to an aromatic ring is 1. The molecule has 0 aromatic heterocycles. The van der Waals surface area contributed by atoms with Crippen molar-refractivity contribution in [1.82, 2.24) is 9.80 Å². The predicted molar refractivity (Wildman–Crippen MR) is 96.4 cm³/mol. The molecule has 0 spiro atoms. The lowest BCUT2D eigenvalue weighted by atomic mass is 9.95. The smallest absolute Gasteiger partial charge is 0.227 e. The molecule has 0 aliphatic carbocycles. The van der Waals surface area contributed by atoms with E-state index in [-0.39, 0.29) is 5.92 Å². The lowest BCUT2D eigenvalue weighted by molar-refractivity contribution is -0.137. The van der Waals surface area contributed by atoms with Crippen molar-refractivity contribution in [2.24, 2.45) is 5.92 Å². The highest BCUT2D eigenvalue weighted by atomic mass is 16.5. The van der Waals surface area contributed by atoms with Crippen LogP contribution in [0.4, 0.5) is 11.4 Å². The van der Waals surface area contributed by atoms with Gasteiger partial charge in [0.15, 0.2) is 0 Å². The Morgan fingerprint density at radius 3 is 2.67 bits per heavy atom. The number of piperazine rings is 1. The molecule has 3 rings (SSSR count). The number of carbonyl (C=O) groups is 1. The van der Waals surface area contributed by atoms with Gasteiger partial charge in [0.2, 0.25) is 5.91 Å². The van der Waals surface area contributed by atoms with E-state index in [1.54, 1.807) is 7.11 Å². The molecule has 0 saturated carbocycles. The first-order valence-corrected chi connectivity index (χ1v) is 8.74. The van der Waals surface area contributed by atoms with Crippen molar-refractivity contribution in [2.75, 3.05) is 64.1 Å². The Bertz CT molecular complexity index is 584. The third kappa shape index (κ3) is 3.59. The summed E-state index contributed by atoms with van der Waals surface area (Å²) in [6.45, 7) is 5.38. The molecule has 2 aliphatic heterocycles. The van der Waals surface area contributed by atoms with Gasteiger partial charge >= 0.3 is 0 Å². The zero-order valence-electron chi connectivity index (χ0n) is 14.7. The molecule has 6 heteroatoms. The van der Waals surface area contributed by atoms with Gasteiger partial charge in [-0.3, -0.25) is 4.79 Å². The molecule has 2 saturated heterocycles. The van der Waals surface area contributed by atoms with Gasteiger partial charge in [0, 0.05) is 51.0 Å². The van der Waals surface area contributed by atoms with E-state index in [0.717, 1.165) is 57.8 Å². The number of hydrogen-bond acceptors (Lipinski definition) is 5. The molecule has 1 atom stereocenters. The summed E-state index contributed by atoms with van der Waals surface area (Å²) >= 11 is 0. The van der Waals surface area contributed by atoms with Crippen molar-refractivity contribution in [1.29, 1.82) is 0 Å². The molecule has 1 amide bonds. The van der Waals surface area contributed by atoms with E-state index in [9.17, 15) is 4.79 Å². The van der Waals surface area contributed by atoms with Crippen LogP contribution in [0.25, 0.3) is 0 Å². The highest BCUT2D eigenvalue weighted by Gasteiger charge is 2.30. The number of anilines is 2. The number of likely N-dealkylation sites (N-methyl/N-ethyl adjacent to an activating group) is 1. The molecule has 2 N–H and O–H groups in total. The molecule has 2 heterocycles. The summed E-state index contributed by atoms with van der Waals surface area (Å²) in [7, 11) is 3.74. The van der Waals surface area contributed by atoms with Crippen LogP contribution in [0.5, 0.6) is 5.75 Å². The lowest BCUT2D eigenvalue weighted by Gasteiger charge is -2.39. The van der Waals surface area contributed by atoms with Gasteiger partial charge in [0.25, 0.3) is 0 Å². The largest absolute Gasteiger partial charge is 0.495 e. The Labute approximate surface area is 144 Å². The van der Waals surface area contributed by atoms with Gasteiger partial charge in [-0.15, -0.1) is 0 Å². The summed E-state index contributed by atoms with van der Waals surface area (Å²) < 4.78 is 5.32. The zero-order chi connectivity index (χ0) is 17.1. The molecule has 6 nitrogen and oxygen atoms in total. The molecule has 2 fully saturated rings. The lowest BCUT2D eigenvalue weighted by Crippen LogP contribution is -2.51. The van der Waals surface area contributed by atoms with Crippen LogP contribution in [0.1, 0.15) is 12.8 Å². The van der Waals surface area contributed by atoms with E-state index < -0.39 is 0 Å². The van der Waals surface area contributed by atoms with Gasteiger partial charge in [-0.2, -0.15) is 0 Å². The summed E-state index contributed by atoms with van der Waals surface area (Å²) in [4.78, 5) is 19.4. The molecular formula is C18H28N4O2. The highest BCUT2D eigenvalue weighted by molar-refractivity contribution is 5.80. The van der Waals surface area contributed by atoms with Crippen LogP contribution in [0, 0.1) is 5.92 Å². The minimum atomic E-state index is 0.0886. The molecular weight excluding hydrogens is 304 g/mol. The average Bonchev–Trinajstić information content (AvgIpc) is 2.62. The normalized spacial score (nSPS) is 22.5. The summed E-state index contributed by atoms with van der Waals surface area (Å²) in [5, 5.41) is 0. The van der Waals surface area contributed by atoms with E-state index in [2.05, 4.69) is 16.8 Å². The summed E-state index contributed by atoms with van der Waals surface area (Å²) in [6, 6.07) is 5.86. The number of carbonyl (C=O) groups excluding carboxylic acids is 1. The number of hydrogen-bond donors (Lipinski definition) is 1. The van der Waals surface area contributed by atoms with Crippen LogP contribution < -0.4 is 15.4 Å². The fraction of sp³-hybridized carbons (Fsp3) is 0.611. The predicted octanol–water partition coefficient (Wildman–Crippen LogP) is 1.27. The van der Waals surface area contributed by atoms with E-state index >= 15 is 0 Å². The van der Waals surface area contributed by atoms with Crippen LogP contribution in [0.15, 0.2) is 18.2 Å². The van der Waals surface area contributed by atoms with Crippen LogP contribution in [-0.2, 0) is 4.79 Å². The van der Waals surface area contributed by atoms with E-state index in [4.69, 9.17) is 10.5 Å². The number of nitrogens with two attached hydrogens (primary N) is 1. The molecule has 2 aliphatic rings. The van der Waals surface area contributed by atoms with Crippen molar-refractivity contribution in [2.45, 2.75) is 12.8 Å². The van der Waals surface area contributed by atoms with Crippen molar-refractivity contribution < 1.29 is 9.53 Å². The van der Waals surface area contributed by atoms with Crippen molar-refractivity contribution in [3.63, 3.8) is 0 Å². The monoisotopic (exact) mass is 332 g/mol. The van der Waals surface area contributed by atoms with Crippen molar-refractivity contribution >= 4 is 17.3 Å². The Hall–Kier alpha value is -1.95. The van der Waals surface area contributed by atoms with Crippen LogP contribution >= 0.6 is 0 Å². The van der Waals surface area contributed by atoms with Gasteiger partial charge < -0.3 is 25.2 Å². The number of piperidine rings is 1. The second kappa shape index (κ2) is 7.30. The number of amides is 1. The maximum Gasteiger partial charge on any atom is 0.227 e. The van der Waals surface area contributed by atoms with Gasteiger partial charge in [0.05, 0.1) is 18.7 Å². The second-order valence-corrected chi connectivity index (χ2v) is 6.84. The summed E-state index contributed by atoms with van der Waals surface area (Å²) in [5.41, 5.74) is 7.63. The summed E-state index contributed by atoms with van der Waals surface area (Å²) in [6.07, 6.45) is 2.02. The molecule has 0 bridgehead atoms. The minimum Gasteiger partial charge on any atom is -0.495 e. The quantitative estimate of drug-likeness (QED) is 0.845. The highest BCUT2D eigenvalue weighted by Crippen LogP contribution is 2.30. The van der Waals surface area contributed by atoms with Gasteiger partial charge in [-0.1, -0.05) is 0 Å². The number of nitrogens with zero attached hydrogens (tertiary/aromatic N) is 3. The first-order valence-electron chi connectivity index (χ1n) is 8.74. The van der Waals surface area contributed by atoms with E-state index in [1.165, 1.54) is 0 Å². The van der Waals surface area contributed by atoms with Crippen molar-refractivity contribution in [3.05, 3.63) is 18.2 Å². The fourth-order valence-corrected chi connectivity index (χ4v) is 3.59. The van der Waals surface area contributed by atoms with Gasteiger partial charge in [-0.05, 0) is 32.0 Å². The molecule has 1 aromatic rings. The van der Waals surface area contributed by atoms with Gasteiger partial charge in [0.1, 0.15) is 5.75 Å². The Balaban J connectivity index is 1.67. The molecule has 1 aromatic carbocycles. The first kappa shape index (κ1) is 16.9. The number of ether oxygens (including phenoxy) is 1. The molecule has 0 unspecified atom stereocenters. The standard InChI is InChI=1S/C18H28N4O2/c1-20-8-10-21(11-9-20)18(23)14-4-3-7-22(13-14)15-5-6-16(19)17(12-15)24-2/h5-6,12,14H,3-4,7-11,13,19H2,1-2H3/t14-/m1/s1. The topological polar surface area (TPSA) is 62.0 Å². The van der Waals surface area contributed by atoms with E-state index in [1.807, 2.05) is 23.1 Å². The Morgan fingerprint density at radius 1 is 1.21 bits per heavy atom. The third-order valence-electron chi connectivity index (χ3n) is 5.17. The van der Waals surface area contributed by atoms with Crippen LogP contribution in [-0.4, -0.2) is 69.1 Å². The van der Waals surface area contributed by atoms with E-state index in [0.29, 0.717) is 17.3 Å². The second-order valence-electron chi connectivity index (χ2n) is 6.84. The molecule has 0 radical (unpaired) electrons. The first-order chi connectivity index (χ1) is 11.6. The third-order valence-corrected chi connectivity index (χ3v) is 5.17. The molecule has 24 heavy (non-hydrogen) atoms. The minimum absolute atomic E-state index is 0.0886. The number of methoxy groups -OCH3 is 1. The zero-order valence-corrected chi connectivity index (χ0v) is 14.7. The average molecular weight is 332 g/mol. The Kier molecular flexibility index (Phi) is 5.14. The number of rotatable bonds is 3. The molecule has 132 valence electrons. The Morgan fingerprint density at radius 2 is 1.96 bits per heavy atom. The SMILES string of the molecule is COc1cc(N2CCC[C@@H](C(=O)N3CCN(C)CC3)C2)ccc1N. The van der Waals surface area contributed by atoms with Crippen LogP contribution in [0.3, 0.4) is 0 Å².